The SMILES string of the molecule is CC(C)(C)NC(=O)CNC(=O)c1cccc2c1CCCN2. The van der Waals surface area contributed by atoms with Gasteiger partial charge in [-0.05, 0) is 51.3 Å². The maximum atomic E-state index is 12.3. The van der Waals surface area contributed by atoms with E-state index in [-0.39, 0.29) is 23.9 Å². The van der Waals surface area contributed by atoms with E-state index < -0.39 is 0 Å². The van der Waals surface area contributed by atoms with Crippen molar-refractivity contribution < 1.29 is 9.59 Å². The maximum Gasteiger partial charge on any atom is 0.252 e. The molecule has 21 heavy (non-hydrogen) atoms. The van der Waals surface area contributed by atoms with Crippen molar-refractivity contribution >= 4 is 17.5 Å². The lowest BCUT2D eigenvalue weighted by Gasteiger charge is -2.22. The molecule has 0 saturated carbocycles. The summed E-state index contributed by atoms with van der Waals surface area (Å²) < 4.78 is 0. The van der Waals surface area contributed by atoms with Crippen molar-refractivity contribution in [2.24, 2.45) is 0 Å². The predicted octanol–water partition coefficient (Wildman–Crippen LogP) is 1.69. The number of carbonyl (C=O) groups excluding carboxylic acids is 2. The molecule has 0 aliphatic carbocycles. The van der Waals surface area contributed by atoms with E-state index in [1.807, 2.05) is 39.0 Å². The summed E-state index contributed by atoms with van der Waals surface area (Å²) in [6.45, 7) is 6.66. The second kappa shape index (κ2) is 6.16. The first-order chi connectivity index (χ1) is 9.87. The monoisotopic (exact) mass is 289 g/mol. The van der Waals surface area contributed by atoms with Crippen LogP contribution in [0.25, 0.3) is 0 Å². The van der Waals surface area contributed by atoms with Gasteiger partial charge in [0.05, 0.1) is 6.54 Å². The molecule has 0 atom stereocenters. The molecule has 1 aromatic carbocycles. The second-order valence-corrected chi connectivity index (χ2v) is 6.34. The van der Waals surface area contributed by atoms with Crippen LogP contribution in [-0.4, -0.2) is 30.4 Å². The van der Waals surface area contributed by atoms with Gasteiger partial charge < -0.3 is 16.0 Å². The maximum absolute atomic E-state index is 12.3. The summed E-state index contributed by atoms with van der Waals surface area (Å²) in [5.41, 5.74) is 2.42. The topological polar surface area (TPSA) is 70.2 Å². The number of hydrogen-bond donors (Lipinski definition) is 3. The smallest absolute Gasteiger partial charge is 0.252 e. The summed E-state index contributed by atoms with van der Waals surface area (Å²) in [7, 11) is 0. The van der Waals surface area contributed by atoms with Crippen LogP contribution < -0.4 is 16.0 Å². The lowest BCUT2D eigenvalue weighted by atomic mass is 9.97. The third-order valence-electron chi connectivity index (χ3n) is 3.26. The first kappa shape index (κ1) is 15.4. The summed E-state index contributed by atoms with van der Waals surface area (Å²) >= 11 is 0. The molecule has 1 heterocycles. The minimum absolute atomic E-state index is 0.00675. The molecule has 5 nitrogen and oxygen atoms in total. The minimum Gasteiger partial charge on any atom is -0.385 e. The Kier molecular flexibility index (Phi) is 4.50. The number of benzene rings is 1. The van der Waals surface area contributed by atoms with Gasteiger partial charge in [-0.3, -0.25) is 9.59 Å². The van der Waals surface area contributed by atoms with Crippen LogP contribution in [0.1, 0.15) is 43.1 Å². The van der Waals surface area contributed by atoms with Crippen molar-refractivity contribution in [3.05, 3.63) is 29.3 Å². The van der Waals surface area contributed by atoms with Crippen molar-refractivity contribution in [1.29, 1.82) is 0 Å². The summed E-state index contributed by atoms with van der Waals surface area (Å²) in [4.78, 5) is 24.0. The number of fused-ring (bicyclic) bond motifs is 1. The van der Waals surface area contributed by atoms with Crippen LogP contribution >= 0.6 is 0 Å². The zero-order valence-corrected chi connectivity index (χ0v) is 12.9. The van der Waals surface area contributed by atoms with Gasteiger partial charge in [0.15, 0.2) is 0 Å². The van der Waals surface area contributed by atoms with Crippen LogP contribution in [0.15, 0.2) is 18.2 Å². The molecule has 0 spiro atoms. The molecule has 0 aromatic heterocycles. The molecule has 114 valence electrons. The van der Waals surface area contributed by atoms with Crippen LogP contribution in [0.4, 0.5) is 5.69 Å². The largest absolute Gasteiger partial charge is 0.385 e. The highest BCUT2D eigenvalue weighted by atomic mass is 16.2. The molecule has 1 aliphatic rings. The Labute approximate surface area is 125 Å². The summed E-state index contributed by atoms with van der Waals surface area (Å²) in [5.74, 6) is -0.376. The number of amides is 2. The molecule has 0 unspecified atom stereocenters. The molecule has 0 fully saturated rings. The van der Waals surface area contributed by atoms with E-state index in [0.717, 1.165) is 30.6 Å². The Morgan fingerprint density at radius 2 is 2.05 bits per heavy atom. The molecule has 0 bridgehead atoms. The van der Waals surface area contributed by atoms with Gasteiger partial charge in [0, 0.05) is 23.3 Å². The Hall–Kier alpha value is -2.04. The fourth-order valence-corrected chi connectivity index (χ4v) is 2.44. The Bertz CT molecular complexity index is 547. The molecule has 3 N–H and O–H groups in total. The lowest BCUT2D eigenvalue weighted by Crippen LogP contribution is -2.46. The van der Waals surface area contributed by atoms with Crippen LogP contribution in [0.3, 0.4) is 0 Å². The predicted molar refractivity (Wildman–Crippen MR) is 83.5 cm³/mol. The molecule has 1 aliphatic heterocycles. The fourth-order valence-electron chi connectivity index (χ4n) is 2.44. The molecule has 2 rings (SSSR count). The highest BCUT2D eigenvalue weighted by Gasteiger charge is 2.19. The number of anilines is 1. The van der Waals surface area contributed by atoms with Crippen LogP contribution in [0.5, 0.6) is 0 Å². The summed E-state index contributed by atoms with van der Waals surface area (Å²) in [6, 6.07) is 5.65. The normalized spacial score (nSPS) is 13.9. The third kappa shape index (κ3) is 4.21. The summed E-state index contributed by atoms with van der Waals surface area (Å²) in [6.07, 6.45) is 1.90. The quantitative estimate of drug-likeness (QED) is 0.793. The molecule has 5 heteroatoms. The van der Waals surface area contributed by atoms with E-state index in [2.05, 4.69) is 16.0 Å². The average molecular weight is 289 g/mol. The molecular formula is C16H23N3O2. The van der Waals surface area contributed by atoms with E-state index in [1.54, 1.807) is 0 Å². The van der Waals surface area contributed by atoms with Gasteiger partial charge in [-0.25, -0.2) is 0 Å². The third-order valence-corrected chi connectivity index (χ3v) is 3.26. The van der Waals surface area contributed by atoms with Crippen molar-refractivity contribution in [2.75, 3.05) is 18.4 Å². The molecule has 2 amide bonds. The van der Waals surface area contributed by atoms with Crippen LogP contribution in [0, 0.1) is 0 Å². The zero-order valence-electron chi connectivity index (χ0n) is 12.9. The lowest BCUT2D eigenvalue weighted by molar-refractivity contribution is -0.121. The number of carbonyl (C=O) groups is 2. The van der Waals surface area contributed by atoms with Gasteiger partial charge in [0.25, 0.3) is 5.91 Å². The van der Waals surface area contributed by atoms with E-state index in [9.17, 15) is 9.59 Å². The van der Waals surface area contributed by atoms with E-state index >= 15 is 0 Å². The van der Waals surface area contributed by atoms with E-state index in [0.29, 0.717) is 5.56 Å². The molecule has 1 aromatic rings. The number of rotatable bonds is 3. The van der Waals surface area contributed by atoms with Gasteiger partial charge in [-0.1, -0.05) is 6.07 Å². The van der Waals surface area contributed by atoms with Gasteiger partial charge in [-0.15, -0.1) is 0 Å². The fraction of sp³-hybridized carbons (Fsp3) is 0.500. The minimum atomic E-state index is -0.294. The number of hydrogen-bond acceptors (Lipinski definition) is 3. The van der Waals surface area contributed by atoms with Crippen molar-refractivity contribution in [2.45, 2.75) is 39.2 Å². The van der Waals surface area contributed by atoms with Crippen molar-refractivity contribution in [3.63, 3.8) is 0 Å². The van der Waals surface area contributed by atoms with Crippen molar-refractivity contribution in [1.82, 2.24) is 10.6 Å². The van der Waals surface area contributed by atoms with E-state index in [1.165, 1.54) is 0 Å². The van der Waals surface area contributed by atoms with Gasteiger partial charge in [0.2, 0.25) is 5.91 Å². The Morgan fingerprint density at radius 1 is 1.29 bits per heavy atom. The summed E-state index contributed by atoms with van der Waals surface area (Å²) in [5, 5.41) is 8.81. The number of nitrogens with one attached hydrogen (secondary N) is 3. The van der Waals surface area contributed by atoms with Gasteiger partial charge in [0.1, 0.15) is 0 Å². The van der Waals surface area contributed by atoms with Crippen molar-refractivity contribution in [3.8, 4) is 0 Å². The molecular weight excluding hydrogens is 266 g/mol. The van der Waals surface area contributed by atoms with Gasteiger partial charge >= 0.3 is 0 Å². The zero-order chi connectivity index (χ0) is 15.5. The highest BCUT2D eigenvalue weighted by molar-refractivity contribution is 5.99. The van der Waals surface area contributed by atoms with E-state index in [4.69, 9.17) is 0 Å². The van der Waals surface area contributed by atoms with Gasteiger partial charge in [-0.2, -0.15) is 0 Å². The van der Waals surface area contributed by atoms with Crippen LogP contribution in [0.2, 0.25) is 0 Å². The first-order valence-electron chi connectivity index (χ1n) is 7.32. The average Bonchev–Trinajstić information content (AvgIpc) is 2.42. The second-order valence-electron chi connectivity index (χ2n) is 6.34. The standard InChI is InChI=1S/C16H23N3O2/c1-16(2,3)19-14(20)10-18-15(21)12-6-4-8-13-11(12)7-5-9-17-13/h4,6,8,17H,5,7,9-10H2,1-3H3,(H,18,21)(H,19,20). The highest BCUT2D eigenvalue weighted by Crippen LogP contribution is 2.25. The van der Waals surface area contributed by atoms with Crippen LogP contribution in [-0.2, 0) is 11.2 Å². The Balaban J connectivity index is 2.00. The molecule has 0 saturated heterocycles. The Morgan fingerprint density at radius 3 is 2.76 bits per heavy atom. The molecule has 0 radical (unpaired) electrons. The first-order valence-corrected chi connectivity index (χ1v) is 7.32.